The molecular weight excluding hydrogens is 264 g/mol. The molecule has 5 nitrogen and oxygen atoms in total. The summed E-state index contributed by atoms with van der Waals surface area (Å²) in [6.07, 6.45) is 1.16. The fraction of sp³-hybridized carbons (Fsp3) is 0.692. The molecule has 0 aromatic carbocycles. The molecule has 106 valence electrons. The van der Waals surface area contributed by atoms with Crippen LogP contribution in [0.15, 0.2) is 5.38 Å². The van der Waals surface area contributed by atoms with E-state index in [9.17, 15) is 9.90 Å². The van der Waals surface area contributed by atoms with Gasteiger partial charge in [0.05, 0.1) is 11.8 Å². The third kappa shape index (κ3) is 3.06. The van der Waals surface area contributed by atoms with Crippen molar-refractivity contribution in [1.29, 1.82) is 0 Å². The van der Waals surface area contributed by atoms with Crippen LogP contribution in [0.25, 0.3) is 0 Å². The van der Waals surface area contributed by atoms with Gasteiger partial charge in [-0.25, -0.2) is 4.98 Å². The smallest absolute Gasteiger partial charge is 0.315 e. The average Bonchev–Trinajstić information content (AvgIpc) is 2.74. The molecule has 1 atom stereocenters. The summed E-state index contributed by atoms with van der Waals surface area (Å²) in [5.41, 5.74) is -0.319. The SMILES string of the molecule is CC1CN(c2nc(C(C)(C)C(=O)O)cs2)CCCO1. The van der Waals surface area contributed by atoms with Crippen molar-refractivity contribution in [3.63, 3.8) is 0 Å². The predicted octanol–water partition coefficient (Wildman–Crippen LogP) is 2.12. The molecule has 2 heterocycles. The molecule has 1 N–H and O–H groups in total. The third-order valence-corrected chi connectivity index (χ3v) is 4.29. The van der Waals surface area contributed by atoms with Gasteiger partial charge in [-0.2, -0.15) is 0 Å². The summed E-state index contributed by atoms with van der Waals surface area (Å²) in [5, 5.41) is 12.0. The van der Waals surface area contributed by atoms with Crippen molar-refractivity contribution in [2.24, 2.45) is 0 Å². The first-order chi connectivity index (χ1) is 8.91. The van der Waals surface area contributed by atoms with E-state index in [1.54, 1.807) is 13.8 Å². The molecule has 1 saturated heterocycles. The highest BCUT2D eigenvalue weighted by Crippen LogP contribution is 2.30. The molecule has 0 aliphatic carbocycles. The quantitative estimate of drug-likeness (QED) is 0.921. The number of carboxylic acid groups (broad SMARTS) is 1. The number of nitrogens with zero attached hydrogens (tertiary/aromatic N) is 2. The number of thiazole rings is 1. The number of hydrogen-bond donors (Lipinski definition) is 1. The van der Waals surface area contributed by atoms with Gasteiger partial charge in [0.15, 0.2) is 5.13 Å². The maximum absolute atomic E-state index is 11.2. The van der Waals surface area contributed by atoms with Gasteiger partial charge in [-0.05, 0) is 27.2 Å². The number of ether oxygens (including phenoxy) is 1. The van der Waals surface area contributed by atoms with Gasteiger partial charge in [0, 0.05) is 25.1 Å². The molecule has 6 heteroatoms. The summed E-state index contributed by atoms with van der Waals surface area (Å²) in [4.78, 5) is 17.9. The van der Waals surface area contributed by atoms with Crippen LogP contribution in [0, 0.1) is 0 Å². The lowest BCUT2D eigenvalue weighted by molar-refractivity contribution is -0.142. The van der Waals surface area contributed by atoms with Crippen LogP contribution in [0.1, 0.15) is 32.9 Å². The largest absolute Gasteiger partial charge is 0.481 e. The van der Waals surface area contributed by atoms with Gasteiger partial charge in [0.25, 0.3) is 0 Å². The zero-order valence-electron chi connectivity index (χ0n) is 11.5. The Balaban J connectivity index is 2.18. The summed E-state index contributed by atoms with van der Waals surface area (Å²) in [6.45, 7) is 7.90. The van der Waals surface area contributed by atoms with Crippen LogP contribution in [-0.4, -0.2) is 41.9 Å². The predicted molar refractivity (Wildman–Crippen MR) is 75.0 cm³/mol. The Bertz CT molecular complexity index is 458. The molecule has 1 fully saturated rings. The van der Waals surface area contributed by atoms with Crippen LogP contribution in [0.5, 0.6) is 0 Å². The second kappa shape index (κ2) is 5.46. The number of aliphatic carboxylic acids is 1. The van der Waals surface area contributed by atoms with Gasteiger partial charge >= 0.3 is 5.97 Å². The van der Waals surface area contributed by atoms with Crippen molar-refractivity contribution >= 4 is 22.4 Å². The van der Waals surface area contributed by atoms with Gasteiger partial charge in [0.2, 0.25) is 0 Å². The van der Waals surface area contributed by atoms with E-state index in [0.29, 0.717) is 5.69 Å². The van der Waals surface area contributed by atoms with Crippen LogP contribution in [0.3, 0.4) is 0 Å². The number of carbonyl (C=O) groups is 1. The molecule has 19 heavy (non-hydrogen) atoms. The zero-order chi connectivity index (χ0) is 14.0. The Kier molecular flexibility index (Phi) is 4.10. The van der Waals surface area contributed by atoms with E-state index in [1.807, 2.05) is 12.3 Å². The highest BCUT2D eigenvalue weighted by atomic mass is 32.1. The van der Waals surface area contributed by atoms with E-state index >= 15 is 0 Å². The van der Waals surface area contributed by atoms with Gasteiger partial charge < -0.3 is 14.7 Å². The van der Waals surface area contributed by atoms with Crippen molar-refractivity contribution in [2.45, 2.75) is 38.7 Å². The monoisotopic (exact) mass is 284 g/mol. The summed E-state index contributed by atoms with van der Waals surface area (Å²) in [6, 6.07) is 0. The maximum atomic E-state index is 11.2. The topological polar surface area (TPSA) is 62.7 Å². The molecule has 1 aromatic heterocycles. The van der Waals surface area contributed by atoms with Crippen LogP contribution >= 0.6 is 11.3 Å². The summed E-state index contributed by atoms with van der Waals surface area (Å²) >= 11 is 1.51. The van der Waals surface area contributed by atoms with E-state index in [-0.39, 0.29) is 6.10 Å². The molecule has 1 aromatic rings. The number of hydrogen-bond acceptors (Lipinski definition) is 5. The number of anilines is 1. The second-order valence-electron chi connectivity index (χ2n) is 5.43. The van der Waals surface area contributed by atoms with Gasteiger partial charge in [0.1, 0.15) is 5.41 Å². The van der Waals surface area contributed by atoms with Crippen LogP contribution in [-0.2, 0) is 14.9 Å². The number of aromatic nitrogens is 1. The minimum atomic E-state index is -0.942. The Labute approximate surface area is 117 Å². The van der Waals surface area contributed by atoms with Crippen molar-refractivity contribution in [1.82, 2.24) is 4.98 Å². The molecule has 0 amide bonds. The fourth-order valence-electron chi connectivity index (χ4n) is 1.97. The average molecular weight is 284 g/mol. The molecule has 1 aliphatic heterocycles. The zero-order valence-corrected chi connectivity index (χ0v) is 12.4. The first-order valence-electron chi connectivity index (χ1n) is 6.47. The van der Waals surface area contributed by atoms with Crippen LogP contribution < -0.4 is 4.90 Å². The van der Waals surface area contributed by atoms with Crippen molar-refractivity contribution in [2.75, 3.05) is 24.6 Å². The van der Waals surface area contributed by atoms with Crippen molar-refractivity contribution in [3.05, 3.63) is 11.1 Å². The first kappa shape index (κ1) is 14.3. The molecule has 0 spiro atoms. The van der Waals surface area contributed by atoms with Crippen LogP contribution in [0.2, 0.25) is 0 Å². The maximum Gasteiger partial charge on any atom is 0.315 e. The number of carboxylic acids is 1. The first-order valence-corrected chi connectivity index (χ1v) is 7.35. The van der Waals surface area contributed by atoms with E-state index in [4.69, 9.17) is 4.74 Å². The van der Waals surface area contributed by atoms with Crippen molar-refractivity contribution < 1.29 is 14.6 Å². The molecule has 1 aliphatic rings. The second-order valence-corrected chi connectivity index (χ2v) is 6.26. The van der Waals surface area contributed by atoms with Crippen LogP contribution in [0.4, 0.5) is 5.13 Å². The van der Waals surface area contributed by atoms with E-state index < -0.39 is 11.4 Å². The lowest BCUT2D eigenvalue weighted by Crippen LogP contribution is -2.31. The normalized spacial score (nSPS) is 21.2. The van der Waals surface area contributed by atoms with Crippen molar-refractivity contribution in [3.8, 4) is 0 Å². The number of rotatable bonds is 3. The lowest BCUT2D eigenvalue weighted by atomic mass is 9.90. The molecule has 1 unspecified atom stereocenters. The third-order valence-electron chi connectivity index (χ3n) is 3.39. The summed E-state index contributed by atoms with van der Waals surface area (Å²) in [7, 11) is 0. The molecule has 0 bridgehead atoms. The standard InChI is InChI=1S/C13H20N2O3S/c1-9-7-15(5-4-6-18-9)12-14-10(8-19-12)13(2,3)11(16)17/h8-9H,4-7H2,1-3H3,(H,16,17). The molecule has 2 rings (SSSR count). The molecule has 0 saturated carbocycles. The Hall–Kier alpha value is -1.14. The summed E-state index contributed by atoms with van der Waals surface area (Å²) in [5.74, 6) is -0.850. The van der Waals surface area contributed by atoms with E-state index in [2.05, 4.69) is 9.88 Å². The Morgan fingerprint density at radius 2 is 2.37 bits per heavy atom. The minimum absolute atomic E-state index is 0.183. The summed E-state index contributed by atoms with van der Waals surface area (Å²) < 4.78 is 5.61. The highest BCUT2D eigenvalue weighted by molar-refractivity contribution is 7.13. The molecular formula is C13H20N2O3S. The molecule has 0 radical (unpaired) electrons. The van der Waals surface area contributed by atoms with E-state index in [0.717, 1.165) is 31.2 Å². The Morgan fingerprint density at radius 1 is 1.63 bits per heavy atom. The minimum Gasteiger partial charge on any atom is -0.481 e. The fourth-order valence-corrected chi connectivity index (χ4v) is 3.00. The van der Waals surface area contributed by atoms with Gasteiger partial charge in [-0.1, -0.05) is 0 Å². The van der Waals surface area contributed by atoms with E-state index in [1.165, 1.54) is 11.3 Å². The lowest BCUT2D eigenvalue weighted by Gasteiger charge is -2.21. The van der Waals surface area contributed by atoms with Gasteiger partial charge in [-0.15, -0.1) is 11.3 Å². The van der Waals surface area contributed by atoms with Gasteiger partial charge in [-0.3, -0.25) is 4.79 Å². The highest BCUT2D eigenvalue weighted by Gasteiger charge is 2.32. The Morgan fingerprint density at radius 3 is 3.05 bits per heavy atom.